The van der Waals surface area contributed by atoms with Crippen LogP contribution in [0.1, 0.15) is 35.0 Å². The van der Waals surface area contributed by atoms with E-state index in [0.29, 0.717) is 0 Å². The van der Waals surface area contributed by atoms with E-state index in [1.165, 1.54) is 22.1 Å². The number of carbonyl (C=O) groups excluding carboxylic acids is 1. The molecule has 0 aliphatic carbocycles. The smallest absolute Gasteiger partial charge is 0.256 e. The number of carbonyl (C=O) groups is 1. The molecule has 1 aromatic carbocycles. The van der Waals surface area contributed by atoms with Gasteiger partial charge in [-0.25, -0.2) is 0 Å². The van der Waals surface area contributed by atoms with Gasteiger partial charge in [0.25, 0.3) is 5.91 Å². The van der Waals surface area contributed by atoms with E-state index in [1.807, 2.05) is 6.08 Å². The molecule has 0 unspecified atom stereocenters. The number of H-pyrrole nitrogens is 1. The highest BCUT2D eigenvalue weighted by Crippen LogP contribution is 2.35. The predicted octanol–water partition coefficient (Wildman–Crippen LogP) is 4.05. The Hall–Kier alpha value is -1.86. The summed E-state index contributed by atoms with van der Waals surface area (Å²) >= 11 is 0. The molecule has 1 aromatic heterocycles. The Balaban J connectivity index is 2.07. The third-order valence-electron chi connectivity index (χ3n) is 4.58. The maximum absolute atomic E-state index is 12.4. The first-order valence-electron chi connectivity index (χ1n) is 7.95. The number of fused-ring (bicyclic) bond motifs is 1. The van der Waals surface area contributed by atoms with Gasteiger partial charge in [-0.3, -0.25) is 4.79 Å². The molecule has 4 heteroatoms. The van der Waals surface area contributed by atoms with Gasteiger partial charge in [-0.1, -0.05) is 27.0 Å². The van der Waals surface area contributed by atoms with Gasteiger partial charge in [0.1, 0.15) is 0 Å². The van der Waals surface area contributed by atoms with E-state index < -0.39 is 0 Å². The Morgan fingerprint density at radius 2 is 1.96 bits per heavy atom. The monoisotopic (exact) mass is 326 g/mol. The van der Waals surface area contributed by atoms with Gasteiger partial charge in [0.05, 0.1) is 5.57 Å². The standard InChI is InChI=1S/C19H23N2OP/c1-6-14-11(2)17(20-12(14)3)10-16-15-8-7-13(23(4)5)9-18(15)21-19(16)22/h7-10,20H,6H2,1-5H3,(H,21,22)/b16-10-. The molecule has 120 valence electrons. The molecular weight excluding hydrogens is 303 g/mol. The molecule has 2 heterocycles. The number of aromatic nitrogens is 1. The van der Waals surface area contributed by atoms with Crippen molar-refractivity contribution in [3.63, 3.8) is 0 Å². The Morgan fingerprint density at radius 3 is 2.57 bits per heavy atom. The maximum atomic E-state index is 12.4. The zero-order chi connectivity index (χ0) is 16.7. The molecule has 0 bridgehead atoms. The van der Waals surface area contributed by atoms with E-state index in [9.17, 15) is 4.79 Å². The topological polar surface area (TPSA) is 44.9 Å². The van der Waals surface area contributed by atoms with E-state index in [-0.39, 0.29) is 13.8 Å². The number of amides is 1. The minimum absolute atomic E-state index is 0.0154. The van der Waals surface area contributed by atoms with Gasteiger partial charge in [0.2, 0.25) is 0 Å². The van der Waals surface area contributed by atoms with Crippen LogP contribution in [0.25, 0.3) is 11.6 Å². The van der Waals surface area contributed by atoms with Crippen LogP contribution in [0.15, 0.2) is 18.2 Å². The molecule has 0 fully saturated rings. The van der Waals surface area contributed by atoms with Crippen molar-refractivity contribution >= 4 is 36.5 Å². The summed E-state index contributed by atoms with van der Waals surface area (Å²) in [6.45, 7) is 10.8. The van der Waals surface area contributed by atoms with Crippen molar-refractivity contribution in [1.82, 2.24) is 4.98 Å². The van der Waals surface area contributed by atoms with E-state index in [4.69, 9.17) is 0 Å². The van der Waals surface area contributed by atoms with Crippen molar-refractivity contribution in [3.05, 3.63) is 46.3 Å². The fourth-order valence-electron chi connectivity index (χ4n) is 3.24. The second-order valence-corrected chi connectivity index (χ2v) is 8.56. The number of benzene rings is 1. The highest BCUT2D eigenvalue weighted by atomic mass is 31.1. The Kier molecular flexibility index (Phi) is 4.16. The van der Waals surface area contributed by atoms with Gasteiger partial charge in [-0.15, -0.1) is 0 Å². The lowest BCUT2D eigenvalue weighted by atomic mass is 10.0. The van der Waals surface area contributed by atoms with Gasteiger partial charge in [-0.2, -0.15) is 0 Å². The normalized spacial score (nSPS) is 15.4. The van der Waals surface area contributed by atoms with Gasteiger partial charge >= 0.3 is 0 Å². The van der Waals surface area contributed by atoms with Crippen LogP contribution < -0.4 is 10.6 Å². The van der Waals surface area contributed by atoms with Gasteiger partial charge in [-0.05, 0) is 62.2 Å². The minimum atomic E-state index is -0.164. The average molecular weight is 326 g/mol. The number of aromatic amines is 1. The lowest BCUT2D eigenvalue weighted by Gasteiger charge is -2.07. The van der Waals surface area contributed by atoms with Crippen molar-refractivity contribution in [1.29, 1.82) is 0 Å². The van der Waals surface area contributed by atoms with Crippen LogP contribution in [0.4, 0.5) is 5.69 Å². The van der Waals surface area contributed by atoms with E-state index in [2.05, 4.69) is 62.6 Å². The summed E-state index contributed by atoms with van der Waals surface area (Å²) in [4.78, 5) is 15.8. The minimum Gasteiger partial charge on any atom is -0.359 e. The Labute approximate surface area is 138 Å². The second-order valence-electron chi connectivity index (χ2n) is 6.26. The summed E-state index contributed by atoms with van der Waals surface area (Å²) in [6, 6.07) is 6.33. The summed E-state index contributed by atoms with van der Waals surface area (Å²) < 4.78 is 0. The van der Waals surface area contributed by atoms with Crippen molar-refractivity contribution in [2.75, 3.05) is 18.6 Å². The quantitative estimate of drug-likeness (QED) is 0.648. The first-order chi connectivity index (χ1) is 10.9. The molecule has 0 spiro atoms. The lowest BCUT2D eigenvalue weighted by molar-refractivity contribution is -0.110. The fraction of sp³-hybridized carbons (Fsp3) is 0.316. The molecule has 0 radical (unpaired) electrons. The van der Waals surface area contributed by atoms with Crippen LogP contribution in [0.2, 0.25) is 0 Å². The van der Waals surface area contributed by atoms with Crippen LogP contribution in [0, 0.1) is 13.8 Å². The molecule has 1 aliphatic rings. The fourth-order valence-corrected chi connectivity index (χ4v) is 4.00. The zero-order valence-electron chi connectivity index (χ0n) is 14.4. The van der Waals surface area contributed by atoms with Gasteiger partial charge in [0, 0.05) is 22.6 Å². The molecule has 0 saturated carbocycles. The third-order valence-corrected chi connectivity index (χ3v) is 5.89. The molecule has 3 rings (SSSR count). The molecule has 1 amide bonds. The molecule has 23 heavy (non-hydrogen) atoms. The van der Waals surface area contributed by atoms with Crippen molar-refractivity contribution in [3.8, 4) is 0 Å². The summed E-state index contributed by atoms with van der Waals surface area (Å²) in [5.41, 5.74) is 7.49. The average Bonchev–Trinajstić information content (AvgIpc) is 2.96. The molecule has 1 aliphatic heterocycles. The lowest BCUT2D eigenvalue weighted by Crippen LogP contribution is -2.05. The number of aryl methyl sites for hydroxylation is 1. The van der Waals surface area contributed by atoms with E-state index >= 15 is 0 Å². The summed E-state index contributed by atoms with van der Waals surface area (Å²) in [5, 5.41) is 4.31. The maximum Gasteiger partial charge on any atom is 0.256 e. The molecule has 3 nitrogen and oxygen atoms in total. The second kappa shape index (κ2) is 5.98. The Morgan fingerprint density at radius 1 is 1.22 bits per heavy atom. The first kappa shape index (κ1) is 16.0. The third kappa shape index (κ3) is 2.74. The van der Waals surface area contributed by atoms with Crippen LogP contribution in [-0.4, -0.2) is 24.2 Å². The molecule has 2 N–H and O–H groups in total. The van der Waals surface area contributed by atoms with Crippen molar-refractivity contribution in [2.45, 2.75) is 27.2 Å². The van der Waals surface area contributed by atoms with Crippen LogP contribution in [-0.2, 0) is 11.2 Å². The van der Waals surface area contributed by atoms with Crippen molar-refractivity contribution in [2.24, 2.45) is 0 Å². The zero-order valence-corrected chi connectivity index (χ0v) is 15.3. The van der Waals surface area contributed by atoms with E-state index in [0.717, 1.165) is 28.9 Å². The number of rotatable bonds is 3. The van der Waals surface area contributed by atoms with Crippen LogP contribution >= 0.6 is 7.92 Å². The molecule has 0 saturated heterocycles. The molecular formula is C19H23N2OP. The first-order valence-corrected chi connectivity index (χ1v) is 10.2. The molecule has 2 aromatic rings. The summed E-state index contributed by atoms with van der Waals surface area (Å²) in [6.07, 6.45) is 2.99. The number of nitrogens with one attached hydrogen (secondary N) is 2. The number of hydrogen-bond donors (Lipinski definition) is 2. The van der Waals surface area contributed by atoms with Crippen molar-refractivity contribution < 1.29 is 4.79 Å². The number of hydrogen-bond acceptors (Lipinski definition) is 1. The Bertz CT molecular complexity index is 815. The summed E-state index contributed by atoms with van der Waals surface area (Å²) in [5.74, 6) is -0.0154. The van der Waals surface area contributed by atoms with Crippen LogP contribution in [0.3, 0.4) is 0 Å². The molecule has 0 atom stereocenters. The largest absolute Gasteiger partial charge is 0.359 e. The highest BCUT2D eigenvalue weighted by Gasteiger charge is 2.25. The summed E-state index contributed by atoms with van der Waals surface area (Å²) in [7, 11) is -0.164. The van der Waals surface area contributed by atoms with Gasteiger partial charge in [0.15, 0.2) is 0 Å². The van der Waals surface area contributed by atoms with Gasteiger partial charge < -0.3 is 10.3 Å². The number of anilines is 1. The predicted molar refractivity (Wildman–Crippen MR) is 101 cm³/mol. The highest BCUT2D eigenvalue weighted by molar-refractivity contribution is 7.64. The van der Waals surface area contributed by atoms with Crippen LogP contribution in [0.5, 0.6) is 0 Å². The van der Waals surface area contributed by atoms with E-state index in [1.54, 1.807) is 0 Å². The SMILES string of the molecule is CCc1c(C)[nH]c(/C=C2\C(=O)Nc3cc(P(C)C)ccc32)c1C.